The number of aliphatic hydroxyl groups is 1. The van der Waals surface area contributed by atoms with E-state index >= 15 is 0 Å². The summed E-state index contributed by atoms with van der Waals surface area (Å²) < 4.78 is 28.1. The summed E-state index contributed by atoms with van der Waals surface area (Å²) >= 11 is 1.72. The maximum absolute atomic E-state index is 12.6. The monoisotopic (exact) mass is 329 g/mol. The zero-order valence-electron chi connectivity index (χ0n) is 12.7. The molecule has 2 rings (SSSR count). The molecule has 6 heteroatoms. The molecule has 2 atom stereocenters. The van der Waals surface area contributed by atoms with Crippen LogP contribution in [0.3, 0.4) is 0 Å². The molecule has 0 aromatic heterocycles. The van der Waals surface area contributed by atoms with Crippen LogP contribution in [0.15, 0.2) is 17.0 Å². The van der Waals surface area contributed by atoms with Crippen LogP contribution >= 0.6 is 11.8 Å². The Morgan fingerprint density at radius 2 is 2.00 bits per heavy atom. The van der Waals surface area contributed by atoms with Crippen molar-refractivity contribution < 1.29 is 13.5 Å². The van der Waals surface area contributed by atoms with Crippen molar-refractivity contribution in [3.05, 3.63) is 28.8 Å². The highest BCUT2D eigenvalue weighted by Crippen LogP contribution is 2.30. The minimum absolute atomic E-state index is 0.00304. The fraction of sp³-hybridized carbons (Fsp3) is 0.600. The number of aryl methyl sites for hydroxylation is 2. The van der Waals surface area contributed by atoms with E-state index in [1.165, 1.54) is 0 Å². The summed E-state index contributed by atoms with van der Waals surface area (Å²) in [5, 5.41) is 9.70. The molecule has 1 fully saturated rings. The lowest BCUT2D eigenvalue weighted by atomic mass is 10.1. The van der Waals surface area contributed by atoms with Gasteiger partial charge in [0, 0.05) is 11.3 Å². The smallest absolute Gasteiger partial charge is 0.241 e. The molecule has 21 heavy (non-hydrogen) atoms. The third-order valence-electron chi connectivity index (χ3n) is 4.16. The van der Waals surface area contributed by atoms with Crippen molar-refractivity contribution in [2.24, 2.45) is 0 Å². The van der Waals surface area contributed by atoms with E-state index in [1.807, 2.05) is 19.2 Å². The predicted octanol–water partition coefficient (Wildman–Crippen LogP) is 2.36. The van der Waals surface area contributed by atoms with E-state index in [2.05, 4.69) is 4.72 Å². The molecule has 0 spiro atoms. The van der Waals surface area contributed by atoms with Gasteiger partial charge in [-0.15, -0.1) is 0 Å². The Hall–Kier alpha value is -0.560. The van der Waals surface area contributed by atoms with Crippen LogP contribution in [0.5, 0.6) is 0 Å². The van der Waals surface area contributed by atoms with Gasteiger partial charge in [0.1, 0.15) is 0 Å². The van der Waals surface area contributed by atoms with Gasteiger partial charge in [0.25, 0.3) is 0 Å². The van der Waals surface area contributed by atoms with Crippen LogP contribution in [-0.4, -0.2) is 31.1 Å². The summed E-state index contributed by atoms with van der Waals surface area (Å²) in [6.07, 6.45) is 5.04. The highest BCUT2D eigenvalue weighted by Gasteiger charge is 2.31. The predicted molar refractivity (Wildman–Crippen MR) is 87.1 cm³/mol. The van der Waals surface area contributed by atoms with Gasteiger partial charge in [-0.2, -0.15) is 11.8 Å². The maximum Gasteiger partial charge on any atom is 0.241 e. The van der Waals surface area contributed by atoms with Crippen LogP contribution in [0.2, 0.25) is 0 Å². The Morgan fingerprint density at radius 1 is 1.29 bits per heavy atom. The molecule has 2 unspecified atom stereocenters. The van der Waals surface area contributed by atoms with Crippen molar-refractivity contribution in [3.63, 3.8) is 0 Å². The summed E-state index contributed by atoms with van der Waals surface area (Å²) in [7, 11) is -3.54. The van der Waals surface area contributed by atoms with Gasteiger partial charge in [0.05, 0.1) is 11.5 Å². The Kier molecular flexibility index (Phi) is 5.35. The number of sulfonamides is 1. The second-order valence-corrected chi connectivity index (χ2v) is 8.39. The lowest BCUT2D eigenvalue weighted by molar-refractivity contribution is 0.280. The number of thioether (sulfide) groups is 1. The summed E-state index contributed by atoms with van der Waals surface area (Å²) in [6.45, 7) is 3.53. The summed E-state index contributed by atoms with van der Waals surface area (Å²) in [4.78, 5) is 0.281. The first kappa shape index (κ1) is 16.8. The molecule has 1 aliphatic carbocycles. The van der Waals surface area contributed by atoms with Crippen molar-refractivity contribution in [3.8, 4) is 0 Å². The highest BCUT2D eigenvalue weighted by molar-refractivity contribution is 7.99. The van der Waals surface area contributed by atoms with E-state index in [-0.39, 0.29) is 17.5 Å². The van der Waals surface area contributed by atoms with Crippen molar-refractivity contribution in [2.45, 2.75) is 55.9 Å². The van der Waals surface area contributed by atoms with E-state index in [9.17, 15) is 13.5 Å². The summed E-state index contributed by atoms with van der Waals surface area (Å²) in [6, 6.07) is 3.42. The molecule has 1 aromatic carbocycles. The number of hydrogen-bond acceptors (Lipinski definition) is 4. The van der Waals surface area contributed by atoms with Crippen LogP contribution in [-0.2, 0) is 16.6 Å². The second-order valence-electron chi connectivity index (χ2n) is 5.64. The quantitative estimate of drug-likeness (QED) is 0.870. The topological polar surface area (TPSA) is 66.4 Å². The lowest BCUT2D eigenvalue weighted by Gasteiger charge is -2.20. The molecule has 0 saturated heterocycles. The van der Waals surface area contributed by atoms with Gasteiger partial charge in [0.2, 0.25) is 10.0 Å². The number of rotatable bonds is 5. The van der Waals surface area contributed by atoms with Gasteiger partial charge in [0.15, 0.2) is 0 Å². The zero-order valence-corrected chi connectivity index (χ0v) is 14.4. The minimum atomic E-state index is -3.54. The molecule has 0 amide bonds. The summed E-state index contributed by atoms with van der Waals surface area (Å²) in [5.74, 6) is 0. The first-order valence-corrected chi connectivity index (χ1v) is 9.92. The lowest BCUT2D eigenvalue weighted by Crippen LogP contribution is -2.38. The first-order chi connectivity index (χ1) is 9.89. The number of hydrogen-bond donors (Lipinski definition) is 2. The maximum atomic E-state index is 12.6. The van der Waals surface area contributed by atoms with E-state index in [4.69, 9.17) is 0 Å². The van der Waals surface area contributed by atoms with Gasteiger partial charge in [-0.25, -0.2) is 13.1 Å². The molecule has 0 bridgehead atoms. The van der Waals surface area contributed by atoms with Gasteiger partial charge >= 0.3 is 0 Å². The number of benzene rings is 1. The summed E-state index contributed by atoms with van der Waals surface area (Å²) in [5.41, 5.74) is 2.29. The molecule has 0 radical (unpaired) electrons. The molecular formula is C15H23NO3S2. The van der Waals surface area contributed by atoms with Gasteiger partial charge in [-0.05, 0) is 55.7 Å². The van der Waals surface area contributed by atoms with Crippen molar-refractivity contribution in [1.29, 1.82) is 0 Å². The van der Waals surface area contributed by atoms with E-state index in [1.54, 1.807) is 24.8 Å². The average molecular weight is 329 g/mol. The van der Waals surface area contributed by atoms with Crippen LogP contribution in [0.25, 0.3) is 0 Å². The number of aliphatic hydroxyl groups excluding tert-OH is 1. The fourth-order valence-electron chi connectivity index (χ4n) is 2.94. The van der Waals surface area contributed by atoms with Gasteiger partial charge in [-0.3, -0.25) is 0 Å². The second kappa shape index (κ2) is 6.69. The average Bonchev–Trinajstić information content (AvgIpc) is 2.85. The standard InChI is InChI=1S/C15H23NO3S2/c1-10-7-11(2)15(8-12(10)9-17)21(18,19)16-13-5-4-6-14(13)20-3/h7-8,13-14,16-17H,4-6,9H2,1-3H3. The Morgan fingerprint density at radius 3 is 2.62 bits per heavy atom. The normalized spacial score (nSPS) is 22.7. The molecule has 1 aromatic rings. The molecule has 0 heterocycles. The molecule has 2 N–H and O–H groups in total. The van der Waals surface area contributed by atoms with Crippen LogP contribution < -0.4 is 4.72 Å². The molecule has 0 aliphatic heterocycles. The SMILES string of the molecule is CSC1CCCC1NS(=O)(=O)c1cc(CO)c(C)cc1C. The molecule has 118 valence electrons. The highest BCUT2D eigenvalue weighted by atomic mass is 32.2. The van der Waals surface area contributed by atoms with Crippen molar-refractivity contribution >= 4 is 21.8 Å². The van der Waals surface area contributed by atoms with E-state index < -0.39 is 10.0 Å². The van der Waals surface area contributed by atoms with Gasteiger partial charge < -0.3 is 5.11 Å². The largest absolute Gasteiger partial charge is 0.392 e. The third-order valence-corrected chi connectivity index (χ3v) is 6.96. The van der Waals surface area contributed by atoms with Crippen molar-refractivity contribution in [1.82, 2.24) is 4.72 Å². The van der Waals surface area contributed by atoms with Crippen molar-refractivity contribution in [2.75, 3.05) is 6.26 Å². The van der Waals surface area contributed by atoms with Gasteiger partial charge in [-0.1, -0.05) is 12.5 Å². The Bertz CT molecular complexity index is 614. The Labute approximate surface area is 131 Å². The number of nitrogens with one attached hydrogen (secondary N) is 1. The molecule has 1 saturated carbocycles. The first-order valence-electron chi connectivity index (χ1n) is 7.15. The van der Waals surface area contributed by atoms with Crippen LogP contribution in [0.4, 0.5) is 0 Å². The van der Waals surface area contributed by atoms with Crippen LogP contribution in [0.1, 0.15) is 36.0 Å². The molecular weight excluding hydrogens is 306 g/mol. The Balaban J connectivity index is 2.31. The minimum Gasteiger partial charge on any atom is -0.392 e. The molecule has 1 aliphatic rings. The molecule has 4 nitrogen and oxygen atoms in total. The van der Waals surface area contributed by atoms with E-state index in [0.717, 1.165) is 30.4 Å². The fourth-order valence-corrected chi connectivity index (χ4v) is 5.55. The van der Waals surface area contributed by atoms with E-state index in [0.29, 0.717) is 10.8 Å². The van der Waals surface area contributed by atoms with Crippen LogP contribution in [0, 0.1) is 13.8 Å². The zero-order chi connectivity index (χ0) is 15.6. The third kappa shape index (κ3) is 3.62.